The summed E-state index contributed by atoms with van der Waals surface area (Å²) < 4.78 is 33.9. The van der Waals surface area contributed by atoms with E-state index in [1.165, 1.54) is 54.6 Å². The number of ketones is 1. The van der Waals surface area contributed by atoms with Gasteiger partial charge >= 0.3 is 0 Å². The van der Waals surface area contributed by atoms with Crippen molar-refractivity contribution in [1.29, 1.82) is 5.26 Å². The number of ether oxygens (including phenoxy) is 1. The first-order valence-electron chi connectivity index (χ1n) is 11.9. The number of nitrogens with zero attached hydrogens (tertiary/aromatic N) is 2. The molecule has 0 unspecified atom stereocenters. The van der Waals surface area contributed by atoms with Crippen LogP contribution in [0.4, 0.5) is 5.69 Å². The molecule has 0 fully saturated rings. The molecule has 0 aromatic heterocycles. The first kappa shape index (κ1) is 30.6. The Balaban J connectivity index is 1.75. The lowest BCUT2D eigenvalue weighted by Gasteiger charge is -2.14. The summed E-state index contributed by atoms with van der Waals surface area (Å²) in [6.45, 7) is 4.66. The van der Waals surface area contributed by atoms with Crippen LogP contribution in [0.3, 0.4) is 0 Å². The van der Waals surface area contributed by atoms with Crippen molar-refractivity contribution in [3.8, 4) is 11.8 Å². The normalized spacial score (nSPS) is 11.7. The maximum absolute atomic E-state index is 13.2. The van der Waals surface area contributed by atoms with Crippen molar-refractivity contribution in [1.82, 2.24) is 0 Å². The molecular weight excluding hydrogens is 577 g/mol. The number of amides is 1. The fourth-order valence-corrected chi connectivity index (χ4v) is 5.01. The Kier molecular flexibility index (Phi) is 9.93. The van der Waals surface area contributed by atoms with Crippen LogP contribution in [0.15, 0.2) is 63.9 Å². The van der Waals surface area contributed by atoms with Gasteiger partial charge in [0.05, 0.1) is 22.1 Å². The number of sulfonamides is 1. The minimum atomic E-state index is -4.20. The van der Waals surface area contributed by atoms with E-state index in [0.717, 1.165) is 0 Å². The molecule has 3 aromatic carbocycles. The number of hydrogen-bond donors (Lipinski definition) is 1. The van der Waals surface area contributed by atoms with Crippen LogP contribution in [0.25, 0.3) is 0 Å². The number of halogens is 2. The molecule has 0 bridgehead atoms. The summed E-state index contributed by atoms with van der Waals surface area (Å²) in [4.78, 5) is 25.6. The minimum absolute atomic E-state index is 0.00723. The van der Waals surface area contributed by atoms with Crippen LogP contribution < -0.4 is 15.2 Å². The molecule has 9 nitrogen and oxygen atoms in total. The zero-order valence-electron chi connectivity index (χ0n) is 21.7. The van der Waals surface area contributed by atoms with Gasteiger partial charge in [-0.2, -0.15) is 18.1 Å². The van der Waals surface area contributed by atoms with Crippen LogP contribution >= 0.6 is 23.2 Å². The number of nitriles is 1. The fraction of sp³-hybridized carbons (Fsp3) is 0.214. The molecule has 40 heavy (non-hydrogen) atoms. The summed E-state index contributed by atoms with van der Waals surface area (Å²) in [7, 11) is -4.20. The molecule has 0 radical (unpaired) electrons. The van der Waals surface area contributed by atoms with Crippen LogP contribution in [0, 0.1) is 24.2 Å². The SMILES string of the molecule is Cc1cc(S(=O)(=O)/N=C(/[O-])CC(C)C)ccc1NC(=O)COc1ccc(Cl)cc1C(=O)c1cc(Cl)cc(C#N)c1. The van der Waals surface area contributed by atoms with Gasteiger partial charge in [-0.1, -0.05) is 37.0 Å². The van der Waals surface area contributed by atoms with Gasteiger partial charge in [-0.15, -0.1) is 0 Å². The van der Waals surface area contributed by atoms with Gasteiger partial charge in [-0.05, 0) is 85.3 Å². The molecule has 0 heterocycles. The summed E-state index contributed by atoms with van der Waals surface area (Å²) in [5.41, 5.74) is 1.13. The molecule has 1 amide bonds. The Labute approximate surface area is 242 Å². The van der Waals surface area contributed by atoms with E-state index in [2.05, 4.69) is 9.71 Å². The molecule has 0 aliphatic carbocycles. The molecule has 0 saturated carbocycles. The molecule has 3 rings (SSSR count). The van der Waals surface area contributed by atoms with Crippen molar-refractivity contribution in [2.45, 2.75) is 32.1 Å². The lowest BCUT2D eigenvalue weighted by Crippen LogP contribution is -2.22. The summed E-state index contributed by atoms with van der Waals surface area (Å²) >= 11 is 12.1. The lowest BCUT2D eigenvalue weighted by molar-refractivity contribution is -0.219. The van der Waals surface area contributed by atoms with Gasteiger partial charge in [0.1, 0.15) is 5.75 Å². The number of carbonyl (C=O) groups excluding carboxylic acids is 2. The molecule has 1 N–H and O–H groups in total. The van der Waals surface area contributed by atoms with E-state index < -0.39 is 34.2 Å². The van der Waals surface area contributed by atoms with Crippen molar-refractivity contribution in [2.75, 3.05) is 11.9 Å². The van der Waals surface area contributed by atoms with Crippen LogP contribution in [0.2, 0.25) is 10.0 Å². The second-order valence-corrected chi connectivity index (χ2v) is 11.7. The van der Waals surface area contributed by atoms with Crippen molar-refractivity contribution < 1.29 is 27.9 Å². The predicted octanol–water partition coefficient (Wildman–Crippen LogP) is 4.92. The third-order valence-corrected chi connectivity index (χ3v) is 7.16. The van der Waals surface area contributed by atoms with Gasteiger partial charge in [0, 0.05) is 21.3 Å². The van der Waals surface area contributed by atoms with Gasteiger partial charge in [0.25, 0.3) is 15.9 Å². The summed E-state index contributed by atoms with van der Waals surface area (Å²) in [5, 5.41) is 24.1. The third-order valence-electron chi connectivity index (χ3n) is 5.41. The van der Waals surface area contributed by atoms with Crippen molar-refractivity contribution in [3.05, 3.63) is 86.9 Å². The van der Waals surface area contributed by atoms with Crippen molar-refractivity contribution in [2.24, 2.45) is 10.3 Å². The Morgan fingerprint density at radius 3 is 2.45 bits per heavy atom. The second-order valence-electron chi connectivity index (χ2n) is 9.18. The summed E-state index contributed by atoms with van der Waals surface area (Å²) in [6.07, 6.45) is 0.00723. The first-order valence-corrected chi connectivity index (χ1v) is 14.1. The Hall–Kier alpha value is -3.91. The average molecular weight is 601 g/mol. The third kappa shape index (κ3) is 8.05. The lowest BCUT2D eigenvalue weighted by atomic mass is 10.0. The highest BCUT2D eigenvalue weighted by Crippen LogP contribution is 2.27. The smallest absolute Gasteiger partial charge is 0.281 e. The van der Waals surface area contributed by atoms with Gasteiger partial charge in [0.2, 0.25) is 0 Å². The average Bonchev–Trinajstić information content (AvgIpc) is 2.87. The molecule has 3 aromatic rings. The zero-order valence-corrected chi connectivity index (χ0v) is 24.0. The number of benzene rings is 3. The quantitative estimate of drug-likeness (QED) is 0.197. The number of carbonyl (C=O) groups is 2. The van der Waals surface area contributed by atoms with E-state index in [4.69, 9.17) is 27.9 Å². The maximum atomic E-state index is 13.2. The molecule has 0 spiro atoms. The second kappa shape index (κ2) is 13.0. The predicted molar refractivity (Wildman–Crippen MR) is 150 cm³/mol. The van der Waals surface area contributed by atoms with Crippen LogP contribution in [-0.4, -0.2) is 32.6 Å². The Morgan fingerprint density at radius 2 is 1.80 bits per heavy atom. The minimum Gasteiger partial charge on any atom is -0.861 e. The van der Waals surface area contributed by atoms with Gasteiger partial charge in [0.15, 0.2) is 12.4 Å². The number of anilines is 1. The number of rotatable bonds is 10. The largest absolute Gasteiger partial charge is 0.861 e. The molecule has 0 atom stereocenters. The van der Waals surface area contributed by atoms with Gasteiger partial charge < -0.3 is 15.2 Å². The van der Waals surface area contributed by atoms with Gasteiger partial charge in [-0.3, -0.25) is 9.59 Å². The van der Waals surface area contributed by atoms with Gasteiger partial charge in [-0.25, -0.2) is 0 Å². The molecule has 208 valence electrons. The van der Waals surface area contributed by atoms with E-state index in [1.54, 1.807) is 20.8 Å². The first-order chi connectivity index (χ1) is 18.8. The van der Waals surface area contributed by atoms with Crippen LogP contribution in [-0.2, 0) is 14.8 Å². The van der Waals surface area contributed by atoms with E-state index >= 15 is 0 Å². The standard InChI is InChI=1S/C28H25Cl2N3O6S/c1-16(2)8-26(34)33-40(37,38)22-5-6-24(17(3)9-22)32-27(35)15-39-25-7-4-20(29)13-23(25)28(36)19-10-18(14-31)11-21(30)12-19/h4-7,9-13,16H,8,15H2,1-3H3,(H,32,35)(H,33,34)/p-1. The highest BCUT2D eigenvalue weighted by Gasteiger charge is 2.19. The highest BCUT2D eigenvalue weighted by molar-refractivity contribution is 7.90. The Morgan fingerprint density at radius 1 is 1.07 bits per heavy atom. The summed E-state index contributed by atoms with van der Waals surface area (Å²) in [5.74, 6) is -1.79. The molecule has 0 saturated heterocycles. The van der Waals surface area contributed by atoms with E-state index in [1.807, 2.05) is 6.07 Å². The topological polar surface area (TPSA) is 149 Å². The number of aryl methyl sites for hydroxylation is 1. The maximum Gasteiger partial charge on any atom is 0.281 e. The van der Waals surface area contributed by atoms with E-state index in [-0.39, 0.29) is 49.7 Å². The molecule has 0 aliphatic heterocycles. The number of nitrogens with one attached hydrogen (secondary N) is 1. The monoisotopic (exact) mass is 600 g/mol. The molecule has 12 heteroatoms. The van der Waals surface area contributed by atoms with Crippen molar-refractivity contribution >= 4 is 56.5 Å². The zero-order chi connectivity index (χ0) is 29.6. The van der Waals surface area contributed by atoms with Crippen molar-refractivity contribution in [3.63, 3.8) is 0 Å². The number of hydrogen-bond acceptors (Lipinski definition) is 7. The van der Waals surface area contributed by atoms with Crippen LogP contribution in [0.5, 0.6) is 5.75 Å². The molecular formula is C28H24Cl2N3O6S-. The Bertz CT molecular complexity index is 1650. The fourth-order valence-electron chi connectivity index (χ4n) is 3.59. The molecule has 0 aliphatic rings. The highest BCUT2D eigenvalue weighted by atomic mass is 35.5. The summed E-state index contributed by atoms with van der Waals surface area (Å²) in [6, 6.07) is 14.4. The van der Waals surface area contributed by atoms with Crippen LogP contribution in [0.1, 0.15) is 47.3 Å². The van der Waals surface area contributed by atoms with E-state index in [9.17, 15) is 28.4 Å². The van der Waals surface area contributed by atoms with E-state index in [0.29, 0.717) is 11.3 Å².